The number of carbonyl (C=O) groups is 1. The van der Waals surface area contributed by atoms with Crippen molar-refractivity contribution in [1.82, 2.24) is 0 Å². The minimum atomic E-state index is -0.681. The lowest BCUT2D eigenvalue weighted by atomic mass is 9.86. The minimum absolute atomic E-state index is 0.00242. The van der Waals surface area contributed by atoms with Crippen molar-refractivity contribution in [1.29, 1.82) is 0 Å². The topological polar surface area (TPSA) is 137 Å². The van der Waals surface area contributed by atoms with E-state index < -0.39 is 5.79 Å². The SMILES string of the molecule is C=C1CC[C@H](CCC)O[C@@H]1C.C=C1COC(CC[C@@]23C[C@H]4OC5C(O2)[C@H]2OC(CC(=O)CC6CCO[C@H]6C)CCC2O[C@H]5C4O3)C1.CC(O)CN. The minimum Gasteiger partial charge on any atom is -0.392 e. The Morgan fingerprint density at radius 1 is 0.882 bits per heavy atom. The molecule has 0 amide bonds. The maximum absolute atomic E-state index is 12.9. The molecule has 9 aliphatic rings. The quantitative estimate of drug-likeness (QED) is 0.292. The van der Waals surface area contributed by atoms with Crippen LogP contribution in [0, 0.1) is 5.92 Å². The molecule has 0 aromatic heterocycles. The van der Waals surface area contributed by atoms with Crippen LogP contribution in [0.3, 0.4) is 0 Å². The summed E-state index contributed by atoms with van der Waals surface area (Å²) in [6.07, 6.45) is 11.5. The second kappa shape index (κ2) is 17.5. The summed E-state index contributed by atoms with van der Waals surface area (Å²) in [5.41, 5.74) is 7.34. The molecular formula is C40H65NO10. The zero-order valence-electron chi connectivity index (χ0n) is 31.5. The van der Waals surface area contributed by atoms with Crippen LogP contribution in [0.5, 0.6) is 0 Å². The van der Waals surface area contributed by atoms with Gasteiger partial charge in [0.05, 0.1) is 55.4 Å². The Morgan fingerprint density at radius 3 is 2.29 bits per heavy atom. The summed E-state index contributed by atoms with van der Waals surface area (Å²) in [5.74, 6) is -0.0826. The number of fused-ring (bicyclic) bond motifs is 1. The van der Waals surface area contributed by atoms with Crippen LogP contribution in [0.2, 0.25) is 0 Å². The lowest BCUT2D eigenvalue weighted by Gasteiger charge is -2.47. The van der Waals surface area contributed by atoms with E-state index in [1.165, 1.54) is 24.8 Å². The first-order chi connectivity index (χ1) is 24.5. The second-order valence-corrected chi connectivity index (χ2v) is 16.3. The van der Waals surface area contributed by atoms with Gasteiger partial charge < -0.3 is 48.7 Å². The predicted octanol–water partition coefficient (Wildman–Crippen LogP) is 5.09. The molecule has 9 aliphatic heterocycles. The maximum atomic E-state index is 12.9. The highest BCUT2D eigenvalue weighted by molar-refractivity contribution is 5.79. The van der Waals surface area contributed by atoms with Gasteiger partial charge in [-0.2, -0.15) is 0 Å². The smallest absolute Gasteiger partial charge is 0.172 e. The Morgan fingerprint density at radius 2 is 1.63 bits per heavy atom. The molecule has 0 aliphatic carbocycles. The molecule has 0 radical (unpaired) electrons. The Balaban J connectivity index is 0.000000234. The first-order valence-electron chi connectivity index (χ1n) is 19.9. The van der Waals surface area contributed by atoms with E-state index in [4.69, 9.17) is 48.7 Å². The van der Waals surface area contributed by atoms with Gasteiger partial charge >= 0.3 is 0 Å². The molecule has 15 atom stereocenters. The van der Waals surface area contributed by atoms with E-state index in [1.54, 1.807) is 6.92 Å². The van der Waals surface area contributed by atoms with Crippen molar-refractivity contribution in [3.05, 3.63) is 24.3 Å². The number of aliphatic hydroxyl groups is 1. The first kappa shape index (κ1) is 39.4. The van der Waals surface area contributed by atoms with Crippen LogP contribution in [0.1, 0.15) is 111 Å². The number of Topliss-reactive ketones (excluding diaryl/α,β-unsaturated/α-hetero) is 1. The van der Waals surface area contributed by atoms with Gasteiger partial charge in [-0.1, -0.05) is 26.5 Å². The fourth-order valence-corrected chi connectivity index (χ4v) is 9.08. The van der Waals surface area contributed by atoms with E-state index in [2.05, 4.69) is 33.9 Å². The molecule has 11 heteroatoms. The zero-order valence-corrected chi connectivity index (χ0v) is 31.5. The third kappa shape index (κ3) is 9.53. The predicted molar refractivity (Wildman–Crippen MR) is 191 cm³/mol. The average molecular weight is 720 g/mol. The molecule has 9 fully saturated rings. The normalized spacial score (nSPS) is 44.2. The molecule has 3 N–H and O–H groups in total. The van der Waals surface area contributed by atoms with Crippen molar-refractivity contribution in [3.63, 3.8) is 0 Å². The number of hydrogen-bond donors (Lipinski definition) is 2. The number of ether oxygens (including phenoxy) is 8. The number of nitrogens with two attached hydrogens (primary N) is 1. The van der Waals surface area contributed by atoms with Crippen LogP contribution in [-0.2, 0) is 42.7 Å². The molecule has 0 spiro atoms. The van der Waals surface area contributed by atoms with Gasteiger partial charge in [0.2, 0.25) is 0 Å². The van der Waals surface area contributed by atoms with Crippen molar-refractivity contribution in [3.8, 4) is 0 Å². The Hall–Kier alpha value is -1.25. The fourth-order valence-electron chi connectivity index (χ4n) is 9.08. The molecule has 11 nitrogen and oxygen atoms in total. The number of aliphatic hydroxyl groups excluding tert-OH is 1. The molecular weight excluding hydrogens is 654 g/mol. The van der Waals surface area contributed by atoms with Crippen molar-refractivity contribution < 1.29 is 47.8 Å². The number of hydrogen-bond acceptors (Lipinski definition) is 11. The van der Waals surface area contributed by atoms with Gasteiger partial charge in [0.1, 0.15) is 36.3 Å². The molecule has 9 saturated heterocycles. The summed E-state index contributed by atoms with van der Waals surface area (Å²) < 4.78 is 50.2. The van der Waals surface area contributed by atoms with Crippen LogP contribution in [-0.4, -0.2) is 116 Å². The summed E-state index contributed by atoms with van der Waals surface area (Å²) in [5, 5.41) is 8.24. The van der Waals surface area contributed by atoms with Gasteiger partial charge in [-0.15, -0.1) is 0 Å². The third-order valence-electron chi connectivity index (χ3n) is 12.1. The van der Waals surface area contributed by atoms with Crippen molar-refractivity contribution >= 4 is 5.78 Å². The van der Waals surface area contributed by atoms with Gasteiger partial charge in [-0.3, -0.25) is 4.79 Å². The van der Waals surface area contributed by atoms with Crippen molar-refractivity contribution in [2.45, 2.75) is 196 Å². The number of carbonyl (C=O) groups excluding carboxylic acids is 1. The Labute approximate surface area is 305 Å². The Bertz CT molecular complexity index is 1200. The van der Waals surface area contributed by atoms with Gasteiger partial charge in [0.15, 0.2) is 5.79 Å². The summed E-state index contributed by atoms with van der Waals surface area (Å²) in [7, 11) is 0. The highest BCUT2D eigenvalue weighted by Gasteiger charge is 2.68. The molecule has 290 valence electrons. The summed E-state index contributed by atoms with van der Waals surface area (Å²) in [4.78, 5) is 12.9. The number of rotatable bonds is 10. The van der Waals surface area contributed by atoms with Gasteiger partial charge in [0, 0.05) is 38.8 Å². The molecule has 9 heterocycles. The lowest BCUT2D eigenvalue weighted by molar-refractivity contribution is -0.292. The van der Waals surface area contributed by atoms with Crippen LogP contribution in [0.4, 0.5) is 0 Å². The molecule has 51 heavy (non-hydrogen) atoms. The summed E-state index contributed by atoms with van der Waals surface area (Å²) in [6.45, 7) is 17.8. The second-order valence-electron chi connectivity index (χ2n) is 16.3. The lowest BCUT2D eigenvalue weighted by Crippen LogP contribution is -2.61. The van der Waals surface area contributed by atoms with E-state index in [0.717, 1.165) is 63.5 Å². The first-order valence-corrected chi connectivity index (χ1v) is 19.9. The van der Waals surface area contributed by atoms with Crippen LogP contribution >= 0.6 is 0 Å². The largest absolute Gasteiger partial charge is 0.392 e. The Kier molecular flexibility index (Phi) is 13.5. The highest BCUT2D eigenvalue weighted by atomic mass is 16.8. The van der Waals surface area contributed by atoms with Gasteiger partial charge in [-0.05, 0) is 89.2 Å². The van der Waals surface area contributed by atoms with E-state index in [9.17, 15) is 4.79 Å². The standard InChI is InChI=1S/C27H38O8.C10H18O.C3H9NO/c1-14-9-18(30-13-14)5-7-27-12-21-23(34-27)24-25(33-21)26(35-27)22-20(32-24)4-3-19(31-22)11-17(28)10-16-6-8-29-15(16)2;1-4-5-10-7-6-8(2)9(3)11-10;1-3(5)2-4/h15-16,18-26H,1,3-13H2,2H3;9-10H,2,4-7H2,1,3H3;3,5H,2,4H2,1H3/t15-,16?,18?,19?,20?,21+,22-,23?,24-,25?,26?,27-;9-,10+;/m01./s1. The van der Waals surface area contributed by atoms with Gasteiger partial charge in [-0.25, -0.2) is 0 Å². The van der Waals surface area contributed by atoms with Crippen molar-refractivity contribution in [2.75, 3.05) is 19.8 Å². The monoisotopic (exact) mass is 719 g/mol. The molecule has 6 bridgehead atoms. The number of ketones is 1. The van der Waals surface area contributed by atoms with Crippen LogP contribution in [0.25, 0.3) is 0 Å². The summed E-state index contributed by atoms with van der Waals surface area (Å²) in [6, 6.07) is 0. The average Bonchev–Trinajstić information content (AvgIpc) is 3.83. The van der Waals surface area contributed by atoms with Gasteiger partial charge in [0.25, 0.3) is 0 Å². The zero-order chi connectivity index (χ0) is 36.3. The fraction of sp³-hybridized carbons (Fsp3) is 0.875. The maximum Gasteiger partial charge on any atom is 0.172 e. The molecule has 8 unspecified atom stereocenters. The molecule has 9 rings (SSSR count). The molecule has 0 aromatic carbocycles. The van der Waals surface area contributed by atoms with E-state index in [-0.39, 0.29) is 72.9 Å². The third-order valence-corrected chi connectivity index (χ3v) is 12.1. The highest BCUT2D eigenvalue weighted by Crippen LogP contribution is 2.54. The van der Waals surface area contributed by atoms with Crippen molar-refractivity contribution in [2.24, 2.45) is 11.7 Å². The summed E-state index contributed by atoms with van der Waals surface area (Å²) >= 11 is 0. The molecule has 0 aromatic rings. The molecule has 0 saturated carbocycles. The van der Waals surface area contributed by atoms with Crippen LogP contribution < -0.4 is 5.73 Å². The van der Waals surface area contributed by atoms with Crippen LogP contribution in [0.15, 0.2) is 24.3 Å². The van der Waals surface area contributed by atoms with E-state index in [0.29, 0.717) is 44.1 Å². The van der Waals surface area contributed by atoms with E-state index in [1.807, 2.05) is 0 Å². The van der Waals surface area contributed by atoms with E-state index >= 15 is 0 Å².